The second kappa shape index (κ2) is 7.87. The molecule has 0 spiro atoms. The van der Waals surface area contributed by atoms with Crippen molar-refractivity contribution in [3.63, 3.8) is 0 Å². The lowest BCUT2D eigenvalue weighted by Gasteiger charge is -2.21. The van der Waals surface area contributed by atoms with E-state index < -0.39 is 17.7 Å². The van der Waals surface area contributed by atoms with Crippen LogP contribution in [0.2, 0.25) is 0 Å². The second-order valence-electron chi connectivity index (χ2n) is 5.22. The van der Waals surface area contributed by atoms with Gasteiger partial charge in [-0.1, -0.05) is 24.3 Å². The van der Waals surface area contributed by atoms with Crippen LogP contribution in [0.15, 0.2) is 48.5 Å². The number of likely N-dealkylation sites (N-methyl/N-ethyl adjacent to an activating group) is 1. The number of nitrogens with zero attached hydrogens (tertiary/aromatic N) is 1. The van der Waals surface area contributed by atoms with Crippen molar-refractivity contribution in [1.29, 1.82) is 0 Å². The third-order valence-electron chi connectivity index (χ3n) is 3.14. The van der Waals surface area contributed by atoms with Crippen molar-refractivity contribution in [3.8, 4) is 5.75 Å². The molecular formula is C17H19F2NO2. The Balaban J connectivity index is 1.78. The van der Waals surface area contributed by atoms with Gasteiger partial charge in [-0.05, 0) is 36.9 Å². The number of aliphatic hydroxyl groups is 1. The smallest absolute Gasteiger partial charge is 0.159 e. The molecule has 2 aromatic carbocycles. The lowest BCUT2D eigenvalue weighted by Crippen LogP contribution is -2.32. The lowest BCUT2D eigenvalue weighted by atomic mass is 10.2. The average Bonchev–Trinajstić information content (AvgIpc) is 2.50. The molecular weight excluding hydrogens is 288 g/mol. The first-order valence-electron chi connectivity index (χ1n) is 7.03. The Hall–Kier alpha value is -1.98. The van der Waals surface area contributed by atoms with E-state index in [0.29, 0.717) is 24.4 Å². The first-order chi connectivity index (χ1) is 10.5. The molecule has 2 aromatic rings. The number of benzene rings is 2. The van der Waals surface area contributed by atoms with Crippen LogP contribution in [0.3, 0.4) is 0 Å². The van der Waals surface area contributed by atoms with E-state index in [9.17, 15) is 13.9 Å². The molecule has 1 unspecified atom stereocenters. The minimum absolute atomic E-state index is 0.173. The Morgan fingerprint density at radius 2 is 1.82 bits per heavy atom. The molecule has 0 heterocycles. The monoisotopic (exact) mass is 307 g/mol. The Kier molecular flexibility index (Phi) is 5.86. The van der Waals surface area contributed by atoms with Crippen LogP contribution >= 0.6 is 0 Å². The third kappa shape index (κ3) is 5.09. The largest absolute Gasteiger partial charge is 0.491 e. The van der Waals surface area contributed by atoms with E-state index in [1.165, 1.54) is 12.1 Å². The highest BCUT2D eigenvalue weighted by atomic mass is 19.2. The minimum atomic E-state index is -0.862. The van der Waals surface area contributed by atoms with Crippen LogP contribution in [0, 0.1) is 11.6 Å². The standard InChI is InChI=1S/C17H19F2NO2/c1-20(10-13-7-8-16(18)17(19)9-13)11-14(21)12-22-15-5-3-2-4-6-15/h2-9,14,21H,10-12H2,1H3. The summed E-state index contributed by atoms with van der Waals surface area (Å²) < 4.78 is 31.5. The fraction of sp³-hybridized carbons (Fsp3) is 0.294. The van der Waals surface area contributed by atoms with E-state index in [1.54, 1.807) is 7.05 Å². The van der Waals surface area contributed by atoms with Gasteiger partial charge in [0.2, 0.25) is 0 Å². The molecule has 118 valence electrons. The van der Waals surface area contributed by atoms with E-state index in [4.69, 9.17) is 4.74 Å². The van der Waals surface area contributed by atoms with Crippen molar-refractivity contribution in [3.05, 3.63) is 65.7 Å². The van der Waals surface area contributed by atoms with Crippen LogP contribution in [0.25, 0.3) is 0 Å². The molecule has 0 aliphatic carbocycles. The molecule has 0 amide bonds. The summed E-state index contributed by atoms with van der Waals surface area (Å²) in [5.74, 6) is -1.02. The number of halogens is 2. The molecule has 0 saturated heterocycles. The van der Waals surface area contributed by atoms with Gasteiger partial charge in [0.1, 0.15) is 18.5 Å². The molecule has 1 atom stereocenters. The second-order valence-corrected chi connectivity index (χ2v) is 5.22. The topological polar surface area (TPSA) is 32.7 Å². The first-order valence-corrected chi connectivity index (χ1v) is 7.03. The van der Waals surface area contributed by atoms with Crippen LogP contribution in [0.1, 0.15) is 5.56 Å². The van der Waals surface area contributed by atoms with Gasteiger partial charge in [0.15, 0.2) is 11.6 Å². The van der Waals surface area contributed by atoms with E-state index in [2.05, 4.69) is 0 Å². The first kappa shape index (κ1) is 16.4. The van der Waals surface area contributed by atoms with Gasteiger partial charge in [-0.2, -0.15) is 0 Å². The third-order valence-corrected chi connectivity index (χ3v) is 3.14. The zero-order valence-electron chi connectivity index (χ0n) is 12.4. The van der Waals surface area contributed by atoms with Gasteiger partial charge in [0.25, 0.3) is 0 Å². The Labute approximate surface area is 128 Å². The van der Waals surface area contributed by atoms with Gasteiger partial charge in [-0.25, -0.2) is 8.78 Å². The zero-order chi connectivity index (χ0) is 15.9. The summed E-state index contributed by atoms with van der Waals surface area (Å²) in [6, 6.07) is 13.0. The maximum atomic E-state index is 13.1. The molecule has 1 N–H and O–H groups in total. The van der Waals surface area contributed by atoms with Gasteiger partial charge < -0.3 is 9.84 Å². The molecule has 0 saturated carbocycles. The Bertz CT molecular complexity index is 592. The van der Waals surface area contributed by atoms with E-state index in [1.807, 2.05) is 35.2 Å². The number of para-hydroxylation sites is 1. The van der Waals surface area contributed by atoms with Crippen molar-refractivity contribution in [2.75, 3.05) is 20.2 Å². The molecule has 0 bridgehead atoms. The summed E-state index contributed by atoms with van der Waals surface area (Å²) in [5, 5.41) is 9.96. The molecule has 22 heavy (non-hydrogen) atoms. The molecule has 0 aromatic heterocycles. The summed E-state index contributed by atoms with van der Waals surface area (Å²) >= 11 is 0. The average molecular weight is 307 g/mol. The van der Waals surface area contributed by atoms with Crippen molar-refractivity contribution >= 4 is 0 Å². The van der Waals surface area contributed by atoms with Crippen LogP contribution in [0.4, 0.5) is 8.78 Å². The van der Waals surface area contributed by atoms with Crippen molar-refractivity contribution < 1.29 is 18.6 Å². The fourth-order valence-electron chi connectivity index (χ4n) is 2.14. The normalized spacial score (nSPS) is 12.4. The molecule has 0 radical (unpaired) electrons. The van der Waals surface area contributed by atoms with Gasteiger partial charge in [0, 0.05) is 13.1 Å². The summed E-state index contributed by atoms with van der Waals surface area (Å²) in [6.07, 6.45) is -0.671. The van der Waals surface area contributed by atoms with Crippen molar-refractivity contribution in [1.82, 2.24) is 4.90 Å². The van der Waals surface area contributed by atoms with Crippen molar-refractivity contribution in [2.45, 2.75) is 12.6 Å². The fourth-order valence-corrected chi connectivity index (χ4v) is 2.14. The summed E-state index contributed by atoms with van der Waals surface area (Å²) in [7, 11) is 1.80. The molecule has 5 heteroatoms. The predicted molar refractivity (Wildman–Crippen MR) is 80.6 cm³/mol. The number of hydrogen-bond donors (Lipinski definition) is 1. The van der Waals surface area contributed by atoms with Crippen LogP contribution in [0.5, 0.6) is 5.75 Å². The Morgan fingerprint density at radius 3 is 2.50 bits per heavy atom. The number of aliphatic hydroxyl groups excluding tert-OH is 1. The highest BCUT2D eigenvalue weighted by molar-refractivity contribution is 5.21. The van der Waals surface area contributed by atoms with E-state index >= 15 is 0 Å². The number of hydrogen-bond acceptors (Lipinski definition) is 3. The van der Waals surface area contributed by atoms with Crippen LogP contribution in [-0.4, -0.2) is 36.3 Å². The van der Waals surface area contributed by atoms with Gasteiger partial charge in [-0.3, -0.25) is 4.90 Å². The summed E-state index contributed by atoms with van der Waals surface area (Å²) in [4.78, 5) is 1.83. The maximum absolute atomic E-state index is 13.1. The van der Waals surface area contributed by atoms with Crippen molar-refractivity contribution in [2.24, 2.45) is 0 Å². The number of ether oxygens (including phenoxy) is 1. The summed E-state index contributed by atoms with van der Waals surface area (Å²) in [5.41, 5.74) is 0.651. The number of rotatable bonds is 7. The SMILES string of the molecule is CN(Cc1ccc(F)c(F)c1)CC(O)COc1ccccc1. The van der Waals surface area contributed by atoms with Gasteiger partial charge in [-0.15, -0.1) is 0 Å². The lowest BCUT2D eigenvalue weighted by molar-refractivity contribution is 0.0743. The molecule has 2 rings (SSSR count). The van der Waals surface area contributed by atoms with Gasteiger partial charge in [0.05, 0.1) is 0 Å². The van der Waals surface area contributed by atoms with Crippen LogP contribution in [-0.2, 0) is 6.54 Å². The minimum Gasteiger partial charge on any atom is -0.491 e. The maximum Gasteiger partial charge on any atom is 0.159 e. The highest BCUT2D eigenvalue weighted by Crippen LogP contribution is 2.11. The van der Waals surface area contributed by atoms with E-state index in [0.717, 1.165) is 6.07 Å². The highest BCUT2D eigenvalue weighted by Gasteiger charge is 2.11. The zero-order valence-corrected chi connectivity index (χ0v) is 12.4. The molecule has 0 aliphatic heterocycles. The molecule has 3 nitrogen and oxygen atoms in total. The summed E-state index contributed by atoms with van der Waals surface area (Å²) in [6.45, 7) is 0.956. The van der Waals surface area contributed by atoms with E-state index in [-0.39, 0.29) is 6.61 Å². The molecule has 0 aliphatic rings. The van der Waals surface area contributed by atoms with Crippen LogP contribution < -0.4 is 4.74 Å². The predicted octanol–water partition coefficient (Wildman–Crippen LogP) is 2.84. The quantitative estimate of drug-likeness (QED) is 0.854. The van der Waals surface area contributed by atoms with Gasteiger partial charge >= 0.3 is 0 Å². The molecule has 0 fully saturated rings. The Morgan fingerprint density at radius 1 is 1.09 bits per heavy atom.